The predicted octanol–water partition coefficient (Wildman–Crippen LogP) is 1.39. The third kappa shape index (κ3) is 2.70. The molecule has 1 heterocycles. The summed E-state index contributed by atoms with van der Waals surface area (Å²) in [5.41, 5.74) is 0. The molecular weight excluding hydrogens is 220 g/mol. The minimum atomic E-state index is -0.774. The molecule has 2 rings (SSSR count). The Morgan fingerprint density at radius 1 is 1.35 bits per heavy atom. The van der Waals surface area contributed by atoms with Crippen molar-refractivity contribution >= 4 is 12.0 Å². The van der Waals surface area contributed by atoms with E-state index >= 15 is 0 Å². The molecule has 0 aromatic rings. The Morgan fingerprint density at radius 3 is 2.59 bits per heavy atom. The molecule has 17 heavy (non-hydrogen) atoms. The zero-order valence-electron chi connectivity index (χ0n) is 10.3. The lowest BCUT2D eigenvalue weighted by Crippen LogP contribution is -2.55. The molecule has 0 aromatic carbocycles. The summed E-state index contributed by atoms with van der Waals surface area (Å²) in [5.74, 6) is -0.708. The highest BCUT2D eigenvalue weighted by atomic mass is 16.4. The summed E-state index contributed by atoms with van der Waals surface area (Å²) in [6.07, 6.45) is 4.66. The highest BCUT2D eigenvalue weighted by Gasteiger charge is 2.35. The molecule has 1 N–H and O–H groups in total. The maximum Gasteiger partial charge on any atom is 0.320 e. The summed E-state index contributed by atoms with van der Waals surface area (Å²) in [6.45, 7) is 1.18. The molecule has 1 unspecified atom stereocenters. The first-order valence-corrected chi connectivity index (χ1v) is 6.31. The van der Waals surface area contributed by atoms with Crippen LogP contribution in [0.1, 0.15) is 32.1 Å². The molecule has 1 saturated carbocycles. The first-order chi connectivity index (χ1) is 8.08. The highest BCUT2D eigenvalue weighted by Crippen LogP contribution is 2.28. The van der Waals surface area contributed by atoms with E-state index in [0.29, 0.717) is 19.1 Å². The molecule has 1 aliphatic heterocycles. The van der Waals surface area contributed by atoms with Gasteiger partial charge in [-0.3, -0.25) is 4.79 Å². The second-order valence-electron chi connectivity index (χ2n) is 5.22. The number of rotatable bonds is 3. The molecule has 0 aromatic heterocycles. The molecule has 1 atom stereocenters. The average molecular weight is 240 g/mol. The molecular formula is C12H20N2O3. The van der Waals surface area contributed by atoms with Crippen molar-refractivity contribution in [2.75, 3.05) is 20.1 Å². The van der Waals surface area contributed by atoms with Crippen molar-refractivity contribution in [1.82, 2.24) is 9.80 Å². The molecule has 1 aliphatic carbocycles. The van der Waals surface area contributed by atoms with Gasteiger partial charge in [0.2, 0.25) is 0 Å². The van der Waals surface area contributed by atoms with Crippen LogP contribution in [0, 0.1) is 5.92 Å². The SMILES string of the molecule is CN1CC(CC(=O)O)CN(C2CCCC2)C1=O. The van der Waals surface area contributed by atoms with E-state index in [9.17, 15) is 9.59 Å². The van der Waals surface area contributed by atoms with Gasteiger partial charge in [-0.25, -0.2) is 4.79 Å². The van der Waals surface area contributed by atoms with Crippen LogP contribution in [0.4, 0.5) is 4.79 Å². The van der Waals surface area contributed by atoms with Gasteiger partial charge >= 0.3 is 12.0 Å². The lowest BCUT2D eigenvalue weighted by Gasteiger charge is -2.41. The summed E-state index contributed by atoms with van der Waals surface area (Å²) >= 11 is 0. The molecule has 2 fully saturated rings. The van der Waals surface area contributed by atoms with Crippen molar-refractivity contribution in [1.29, 1.82) is 0 Å². The fraction of sp³-hybridized carbons (Fsp3) is 0.833. The highest BCUT2D eigenvalue weighted by molar-refractivity contribution is 5.76. The number of amides is 2. The number of aliphatic carboxylic acids is 1. The van der Waals surface area contributed by atoms with Crippen LogP contribution in [0.15, 0.2) is 0 Å². The van der Waals surface area contributed by atoms with E-state index in [0.717, 1.165) is 12.8 Å². The van der Waals surface area contributed by atoms with Crippen molar-refractivity contribution in [3.8, 4) is 0 Å². The first-order valence-electron chi connectivity index (χ1n) is 6.31. The first kappa shape index (κ1) is 12.2. The van der Waals surface area contributed by atoms with E-state index in [1.54, 1.807) is 11.9 Å². The quantitative estimate of drug-likeness (QED) is 0.810. The van der Waals surface area contributed by atoms with Gasteiger partial charge in [-0.05, 0) is 12.8 Å². The molecule has 0 bridgehead atoms. The summed E-state index contributed by atoms with van der Waals surface area (Å²) in [5, 5.41) is 8.85. The third-order valence-electron chi connectivity index (χ3n) is 3.79. The van der Waals surface area contributed by atoms with Gasteiger partial charge in [0.25, 0.3) is 0 Å². The lowest BCUT2D eigenvalue weighted by atomic mass is 10.0. The smallest absolute Gasteiger partial charge is 0.320 e. The predicted molar refractivity (Wildman–Crippen MR) is 62.7 cm³/mol. The average Bonchev–Trinajstić information content (AvgIpc) is 2.75. The largest absolute Gasteiger partial charge is 0.481 e. The van der Waals surface area contributed by atoms with E-state index < -0.39 is 5.97 Å². The Morgan fingerprint density at radius 2 is 2.00 bits per heavy atom. The van der Waals surface area contributed by atoms with Crippen LogP contribution in [0.25, 0.3) is 0 Å². The molecule has 5 heteroatoms. The number of carboxylic acids is 1. The van der Waals surface area contributed by atoms with Crippen LogP contribution >= 0.6 is 0 Å². The van der Waals surface area contributed by atoms with E-state index in [1.165, 1.54) is 12.8 Å². The fourth-order valence-electron chi connectivity index (χ4n) is 3.00. The van der Waals surface area contributed by atoms with Gasteiger partial charge in [0.05, 0.1) is 6.42 Å². The van der Waals surface area contributed by atoms with Crippen molar-refractivity contribution in [3.05, 3.63) is 0 Å². The van der Waals surface area contributed by atoms with Gasteiger partial charge < -0.3 is 14.9 Å². The number of urea groups is 1. The molecule has 1 saturated heterocycles. The normalized spacial score (nSPS) is 26.6. The molecule has 96 valence electrons. The second kappa shape index (κ2) is 4.94. The van der Waals surface area contributed by atoms with Gasteiger partial charge in [-0.15, -0.1) is 0 Å². The van der Waals surface area contributed by atoms with Crippen LogP contribution in [-0.4, -0.2) is 53.1 Å². The molecule has 0 radical (unpaired) electrons. The van der Waals surface area contributed by atoms with Crippen LogP contribution in [0.2, 0.25) is 0 Å². The Kier molecular flexibility index (Phi) is 3.54. The number of nitrogens with zero attached hydrogens (tertiary/aromatic N) is 2. The van der Waals surface area contributed by atoms with Crippen LogP contribution in [0.5, 0.6) is 0 Å². The fourth-order valence-corrected chi connectivity index (χ4v) is 3.00. The standard InChI is InChI=1S/C12H20N2O3/c1-13-7-9(6-11(15)16)8-14(12(13)17)10-4-2-3-5-10/h9-10H,2-8H2,1H3,(H,15,16). The van der Waals surface area contributed by atoms with Gasteiger partial charge in [0.15, 0.2) is 0 Å². The maximum absolute atomic E-state index is 12.0. The summed E-state index contributed by atoms with van der Waals surface area (Å²) < 4.78 is 0. The number of carboxylic acid groups (broad SMARTS) is 1. The van der Waals surface area contributed by atoms with Crippen LogP contribution in [-0.2, 0) is 4.79 Å². The Balaban J connectivity index is 2.02. The zero-order valence-corrected chi connectivity index (χ0v) is 10.3. The lowest BCUT2D eigenvalue weighted by molar-refractivity contribution is -0.138. The summed E-state index contributed by atoms with van der Waals surface area (Å²) in [6, 6.07) is 0.403. The van der Waals surface area contributed by atoms with Crippen LogP contribution < -0.4 is 0 Å². The van der Waals surface area contributed by atoms with Gasteiger partial charge in [0.1, 0.15) is 0 Å². The zero-order chi connectivity index (χ0) is 12.4. The Hall–Kier alpha value is -1.26. The summed E-state index contributed by atoms with van der Waals surface area (Å²) in [7, 11) is 1.76. The molecule has 0 spiro atoms. The van der Waals surface area contributed by atoms with Crippen molar-refractivity contribution < 1.29 is 14.7 Å². The minimum absolute atomic E-state index is 0.0656. The topological polar surface area (TPSA) is 60.9 Å². The Bertz CT molecular complexity index is 313. The third-order valence-corrected chi connectivity index (χ3v) is 3.79. The molecule has 5 nitrogen and oxygen atoms in total. The van der Waals surface area contributed by atoms with Gasteiger partial charge in [-0.1, -0.05) is 12.8 Å². The van der Waals surface area contributed by atoms with Gasteiger partial charge in [-0.2, -0.15) is 0 Å². The molecule has 2 aliphatic rings. The van der Waals surface area contributed by atoms with Crippen LogP contribution in [0.3, 0.4) is 0 Å². The number of hydrogen-bond donors (Lipinski definition) is 1. The summed E-state index contributed by atoms with van der Waals surface area (Å²) in [4.78, 5) is 26.4. The Labute approximate surface area is 101 Å². The number of hydrogen-bond acceptors (Lipinski definition) is 2. The van der Waals surface area contributed by atoms with E-state index in [4.69, 9.17) is 5.11 Å². The molecule has 2 amide bonds. The van der Waals surface area contributed by atoms with E-state index in [2.05, 4.69) is 0 Å². The monoisotopic (exact) mass is 240 g/mol. The van der Waals surface area contributed by atoms with Crippen molar-refractivity contribution in [2.45, 2.75) is 38.1 Å². The van der Waals surface area contributed by atoms with Crippen molar-refractivity contribution in [3.63, 3.8) is 0 Å². The minimum Gasteiger partial charge on any atom is -0.481 e. The van der Waals surface area contributed by atoms with Gasteiger partial charge in [0, 0.05) is 32.1 Å². The number of carbonyl (C=O) groups is 2. The van der Waals surface area contributed by atoms with E-state index in [-0.39, 0.29) is 18.4 Å². The second-order valence-corrected chi connectivity index (χ2v) is 5.22. The van der Waals surface area contributed by atoms with E-state index in [1.807, 2.05) is 4.90 Å². The van der Waals surface area contributed by atoms with Crippen molar-refractivity contribution in [2.24, 2.45) is 5.92 Å². The maximum atomic E-state index is 12.0. The number of carbonyl (C=O) groups excluding carboxylic acids is 1.